The first-order chi connectivity index (χ1) is 14.9. The molecule has 166 valence electrons. The highest BCUT2D eigenvalue weighted by Gasteiger charge is 2.36. The third-order valence-electron chi connectivity index (χ3n) is 7.03. The minimum atomic E-state index is -3.16. The molecule has 3 heterocycles. The number of fused-ring (bicyclic) bond motifs is 1. The monoisotopic (exact) mass is 441 g/mol. The summed E-state index contributed by atoms with van der Waals surface area (Å²) in [5.74, 6) is 2.26. The minimum absolute atomic E-state index is 0.370. The molecule has 0 radical (unpaired) electrons. The van der Waals surface area contributed by atoms with Crippen LogP contribution in [0.25, 0.3) is 0 Å². The number of pyridine rings is 1. The number of nitrogens with zero attached hydrogens (tertiary/aromatic N) is 4. The summed E-state index contributed by atoms with van der Waals surface area (Å²) in [5, 5.41) is 3.38. The van der Waals surface area contributed by atoms with Gasteiger partial charge in [0.1, 0.15) is 11.6 Å². The van der Waals surface area contributed by atoms with Crippen LogP contribution in [0.4, 0.5) is 17.3 Å². The van der Waals surface area contributed by atoms with Crippen molar-refractivity contribution in [3.63, 3.8) is 0 Å². The molecule has 8 heteroatoms. The standard InChI is InChI=1S/C23H31N5O2S/c1-24-18-15-20(16-18)28-10-9-17-3-8-22(25-23(17)28)27-13-11-26(12-14-27)19-4-6-21(7-5-19)31(2,29)30/h3-8,18,20,24H,9-16H2,1-2H3/t18-,20+. The highest BCUT2D eigenvalue weighted by molar-refractivity contribution is 7.90. The van der Waals surface area contributed by atoms with E-state index in [0.717, 1.165) is 50.6 Å². The number of nitrogens with one attached hydrogen (secondary N) is 1. The van der Waals surface area contributed by atoms with Crippen LogP contribution in [0.2, 0.25) is 0 Å². The molecule has 1 saturated heterocycles. The highest BCUT2D eigenvalue weighted by atomic mass is 32.2. The molecular weight excluding hydrogens is 410 g/mol. The Bertz CT molecular complexity index is 1040. The number of piperazine rings is 1. The molecule has 0 spiro atoms. The van der Waals surface area contributed by atoms with Crippen LogP contribution in [0.5, 0.6) is 0 Å². The Hall–Kier alpha value is -2.32. The van der Waals surface area contributed by atoms with Gasteiger partial charge in [0.25, 0.3) is 0 Å². The summed E-state index contributed by atoms with van der Waals surface area (Å²) in [5.41, 5.74) is 2.45. The molecule has 2 aliphatic heterocycles. The summed E-state index contributed by atoms with van der Waals surface area (Å²) in [6.45, 7) is 4.69. The van der Waals surface area contributed by atoms with Crippen molar-refractivity contribution in [3.8, 4) is 0 Å². The van der Waals surface area contributed by atoms with Crippen molar-refractivity contribution in [3.05, 3.63) is 42.0 Å². The molecule has 2 fully saturated rings. The maximum Gasteiger partial charge on any atom is 0.175 e. The normalized spacial score (nSPS) is 23.6. The van der Waals surface area contributed by atoms with Crippen LogP contribution in [0.1, 0.15) is 18.4 Å². The van der Waals surface area contributed by atoms with E-state index in [1.807, 2.05) is 12.1 Å². The van der Waals surface area contributed by atoms with Crippen LogP contribution < -0.4 is 20.0 Å². The van der Waals surface area contributed by atoms with Gasteiger partial charge < -0.3 is 20.0 Å². The Morgan fingerprint density at radius 3 is 2.26 bits per heavy atom. The van der Waals surface area contributed by atoms with Crippen molar-refractivity contribution in [2.45, 2.75) is 36.2 Å². The fraction of sp³-hybridized carbons (Fsp3) is 0.522. The van der Waals surface area contributed by atoms with Gasteiger partial charge in [-0.25, -0.2) is 13.4 Å². The molecule has 1 aromatic heterocycles. The molecule has 2 aromatic rings. The average molecular weight is 442 g/mol. The van der Waals surface area contributed by atoms with Gasteiger partial charge in [0.2, 0.25) is 0 Å². The van der Waals surface area contributed by atoms with E-state index in [0.29, 0.717) is 17.0 Å². The van der Waals surface area contributed by atoms with Gasteiger partial charge >= 0.3 is 0 Å². The first kappa shape index (κ1) is 20.6. The van der Waals surface area contributed by atoms with Crippen molar-refractivity contribution in [2.75, 3.05) is 60.7 Å². The molecule has 1 aromatic carbocycles. The lowest BCUT2D eigenvalue weighted by molar-refractivity contribution is 0.294. The van der Waals surface area contributed by atoms with Gasteiger partial charge in [-0.2, -0.15) is 0 Å². The Morgan fingerprint density at radius 2 is 1.61 bits per heavy atom. The number of benzene rings is 1. The smallest absolute Gasteiger partial charge is 0.175 e. The van der Waals surface area contributed by atoms with Crippen molar-refractivity contribution >= 4 is 27.2 Å². The van der Waals surface area contributed by atoms with Crippen LogP contribution in [0, 0.1) is 0 Å². The first-order valence-electron chi connectivity index (χ1n) is 11.2. The summed E-state index contributed by atoms with van der Waals surface area (Å²) in [4.78, 5) is 12.7. The predicted octanol–water partition coefficient (Wildman–Crippen LogP) is 1.92. The molecule has 3 aliphatic rings. The molecule has 0 atom stereocenters. The van der Waals surface area contributed by atoms with E-state index in [2.05, 4.69) is 39.2 Å². The topological polar surface area (TPSA) is 68.8 Å². The van der Waals surface area contributed by atoms with Gasteiger partial charge in [-0.3, -0.25) is 0 Å². The SMILES string of the molecule is CN[C@H]1C[C@@H](N2CCc3ccc(N4CCN(c5ccc(S(C)(=O)=O)cc5)CC4)nc32)C1. The fourth-order valence-electron chi connectivity index (χ4n) is 4.97. The molecular formula is C23H31N5O2S. The Morgan fingerprint density at radius 1 is 0.935 bits per heavy atom. The number of rotatable bonds is 5. The van der Waals surface area contributed by atoms with Gasteiger partial charge in [0.05, 0.1) is 4.90 Å². The molecule has 31 heavy (non-hydrogen) atoms. The number of aromatic nitrogens is 1. The summed E-state index contributed by atoms with van der Waals surface area (Å²) < 4.78 is 23.4. The van der Waals surface area contributed by atoms with Gasteiger partial charge in [-0.1, -0.05) is 6.07 Å². The molecule has 1 aliphatic carbocycles. The zero-order valence-electron chi connectivity index (χ0n) is 18.3. The number of sulfone groups is 1. The number of anilines is 3. The van der Waals surface area contributed by atoms with Crippen LogP contribution in [0.3, 0.4) is 0 Å². The first-order valence-corrected chi connectivity index (χ1v) is 13.1. The van der Waals surface area contributed by atoms with E-state index in [1.54, 1.807) is 12.1 Å². The summed E-state index contributed by atoms with van der Waals surface area (Å²) >= 11 is 0. The molecule has 0 amide bonds. The molecule has 0 bridgehead atoms. The predicted molar refractivity (Wildman–Crippen MR) is 125 cm³/mol. The molecule has 5 rings (SSSR count). The molecule has 1 saturated carbocycles. The summed E-state index contributed by atoms with van der Waals surface area (Å²) in [6.07, 6.45) is 4.76. The van der Waals surface area contributed by atoms with E-state index in [1.165, 1.54) is 30.5 Å². The van der Waals surface area contributed by atoms with Gasteiger partial charge in [0.15, 0.2) is 9.84 Å². The van der Waals surface area contributed by atoms with E-state index in [4.69, 9.17) is 4.98 Å². The Balaban J connectivity index is 1.24. The Kier molecular flexibility index (Phi) is 5.30. The minimum Gasteiger partial charge on any atom is -0.368 e. The molecule has 0 unspecified atom stereocenters. The largest absolute Gasteiger partial charge is 0.368 e. The van der Waals surface area contributed by atoms with Crippen LogP contribution in [0.15, 0.2) is 41.3 Å². The lowest BCUT2D eigenvalue weighted by atomic mass is 9.86. The van der Waals surface area contributed by atoms with Gasteiger partial charge in [-0.15, -0.1) is 0 Å². The zero-order valence-corrected chi connectivity index (χ0v) is 19.1. The van der Waals surface area contributed by atoms with Gasteiger partial charge in [0, 0.05) is 56.8 Å². The number of hydrogen-bond acceptors (Lipinski definition) is 7. The second kappa shape index (κ2) is 7.98. The lowest BCUT2D eigenvalue weighted by Gasteiger charge is -2.42. The maximum atomic E-state index is 11.7. The second-order valence-corrected chi connectivity index (χ2v) is 11.0. The summed E-state index contributed by atoms with van der Waals surface area (Å²) in [7, 11) is -1.11. The average Bonchev–Trinajstić information content (AvgIpc) is 3.16. The van der Waals surface area contributed by atoms with Crippen LogP contribution in [-0.2, 0) is 16.3 Å². The van der Waals surface area contributed by atoms with E-state index in [9.17, 15) is 8.42 Å². The lowest BCUT2D eigenvalue weighted by Crippen LogP contribution is -2.51. The maximum absolute atomic E-state index is 11.7. The van der Waals surface area contributed by atoms with E-state index < -0.39 is 9.84 Å². The Labute approximate surface area is 185 Å². The fourth-order valence-corrected chi connectivity index (χ4v) is 5.60. The van der Waals surface area contributed by atoms with E-state index >= 15 is 0 Å². The quantitative estimate of drug-likeness (QED) is 0.760. The van der Waals surface area contributed by atoms with Crippen molar-refractivity contribution in [2.24, 2.45) is 0 Å². The summed E-state index contributed by atoms with van der Waals surface area (Å²) in [6, 6.07) is 12.9. The third-order valence-corrected chi connectivity index (χ3v) is 8.16. The van der Waals surface area contributed by atoms with Crippen LogP contribution in [-0.4, -0.2) is 71.5 Å². The molecule has 1 N–H and O–H groups in total. The van der Waals surface area contributed by atoms with Crippen LogP contribution >= 0.6 is 0 Å². The number of hydrogen-bond donors (Lipinski definition) is 1. The van der Waals surface area contributed by atoms with Gasteiger partial charge in [-0.05, 0) is 62.2 Å². The van der Waals surface area contributed by atoms with Crippen molar-refractivity contribution in [1.29, 1.82) is 0 Å². The third kappa shape index (κ3) is 3.99. The molecule has 7 nitrogen and oxygen atoms in total. The zero-order chi connectivity index (χ0) is 21.6. The second-order valence-electron chi connectivity index (χ2n) is 8.95. The highest BCUT2D eigenvalue weighted by Crippen LogP contribution is 2.36. The van der Waals surface area contributed by atoms with Crippen molar-refractivity contribution < 1.29 is 8.42 Å². The van der Waals surface area contributed by atoms with E-state index in [-0.39, 0.29) is 0 Å². The van der Waals surface area contributed by atoms with Crippen molar-refractivity contribution in [1.82, 2.24) is 10.3 Å².